The second-order valence-electron chi connectivity index (χ2n) is 18.8. The molecule has 0 saturated carbocycles. The Morgan fingerprint density at radius 3 is 1.67 bits per heavy atom. The number of rotatable bonds is 9. The van der Waals surface area contributed by atoms with Crippen LogP contribution in [0.15, 0.2) is 239 Å². The van der Waals surface area contributed by atoms with Gasteiger partial charge in [0.1, 0.15) is 22.3 Å². The largest absolute Gasteiger partial charge is 0.455 e. The Morgan fingerprint density at radius 2 is 0.944 bits per heavy atom. The molecular formula is C67H45N3O2. The van der Waals surface area contributed by atoms with Gasteiger partial charge in [-0.25, -0.2) is 9.97 Å². The van der Waals surface area contributed by atoms with Crippen LogP contribution in [0.1, 0.15) is 16.7 Å². The van der Waals surface area contributed by atoms with E-state index in [0.29, 0.717) is 5.82 Å². The van der Waals surface area contributed by atoms with E-state index < -0.39 is 0 Å². The molecule has 0 bridgehead atoms. The summed E-state index contributed by atoms with van der Waals surface area (Å²) >= 11 is 0. The molecule has 10 aromatic carbocycles. The number of hydrogen-bond donors (Lipinski definition) is 0. The first-order chi connectivity index (χ1) is 35.6. The normalized spacial score (nSPS) is 11.8. The van der Waals surface area contributed by atoms with Crippen LogP contribution >= 0.6 is 0 Å². The van der Waals surface area contributed by atoms with Gasteiger partial charge in [0.2, 0.25) is 0 Å². The lowest BCUT2D eigenvalue weighted by Gasteiger charge is -2.19. The molecule has 14 rings (SSSR count). The topological polar surface area (TPSA) is 57.0 Å². The highest BCUT2D eigenvalue weighted by Gasteiger charge is 2.23. The molecule has 0 atom stereocenters. The highest BCUT2D eigenvalue weighted by Crippen LogP contribution is 2.44. The summed E-state index contributed by atoms with van der Waals surface area (Å²) in [7, 11) is 0. The summed E-state index contributed by atoms with van der Waals surface area (Å²) in [5, 5.41) is 6.74. The zero-order chi connectivity index (χ0) is 47.7. The standard InChI is InChI=1S/C67H45N3O2/c1-42-18-8-9-23-48(42)63-46(36-37-52-50-25-12-16-30-61(50)71-65(52)63)34-32-43-33-35-47(67-68-56(44-19-4-2-5-20-44)41-57(69-67)45-21-6-3-7-22-45)40-55(43)49-24-10-14-28-58(49)70-59-29-15-11-27-54(59)64-60(70)39-38-53-51-26-13-17-31-62(51)72-66(53)64/h2-31,33,35-41H,32,34H2,1H3. The Balaban J connectivity index is 0.986. The van der Waals surface area contributed by atoms with Crippen LogP contribution in [0.3, 0.4) is 0 Å². The van der Waals surface area contributed by atoms with E-state index in [9.17, 15) is 0 Å². The number of fused-ring (bicyclic) bond motifs is 10. The van der Waals surface area contributed by atoms with Gasteiger partial charge in [-0.15, -0.1) is 0 Å². The van der Waals surface area contributed by atoms with Crippen molar-refractivity contribution in [1.29, 1.82) is 0 Å². The fourth-order valence-electron chi connectivity index (χ4n) is 11.1. The fourth-order valence-corrected chi connectivity index (χ4v) is 11.1. The smallest absolute Gasteiger partial charge is 0.160 e. The van der Waals surface area contributed by atoms with Crippen LogP contribution in [-0.4, -0.2) is 14.5 Å². The van der Waals surface area contributed by atoms with Crippen molar-refractivity contribution < 1.29 is 8.83 Å². The summed E-state index contributed by atoms with van der Waals surface area (Å²) in [4.78, 5) is 10.6. The molecule has 0 radical (unpaired) electrons. The Hall–Kier alpha value is -9.32. The Morgan fingerprint density at radius 1 is 0.389 bits per heavy atom. The third kappa shape index (κ3) is 6.85. The maximum atomic E-state index is 6.77. The van der Waals surface area contributed by atoms with E-state index in [4.69, 9.17) is 18.8 Å². The number of aromatic nitrogens is 3. The van der Waals surface area contributed by atoms with Gasteiger partial charge in [0.05, 0.1) is 33.5 Å². The van der Waals surface area contributed by atoms with E-state index in [-0.39, 0.29) is 0 Å². The second-order valence-corrected chi connectivity index (χ2v) is 18.8. The minimum atomic E-state index is 0.668. The van der Waals surface area contributed by atoms with Crippen LogP contribution in [0, 0.1) is 6.92 Å². The lowest BCUT2D eigenvalue weighted by molar-refractivity contribution is 0.669. The summed E-state index contributed by atoms with van der Waals surface area (Å²) < 4.78 is 15.9. The summed E-state index contributed by atoms with van der Waals surface area (Å²) in [5.74, 6) is 0.668. The second kappa shape index (κ2) is 17.0. The first-order valence-electron chi connectivity index (χ1n) is 24.7. The van der Waals surface area contributed by atoms with E-state index in [1.807, 2.05) is 24.3 Å². The van der Waals surface area contributed by atoms with Gasteiger partial charge in [0.25, 0.3) is 0 Å². The first kappa shape index (κ1) is 41.6. The molecule has 0 N–H and O–H groups in total. The predicted molar refractivity (Wildman–Crippen MR) is 297 cm³/mol. The molecule has 0 amide bonds. The third-order valence-corrected chi connectivity index (χ3v) is 14.6. The van der Waals surface area contributed by atoms with Crippen LogP contribution in [0.5, 0.6) is 0 Å². The molecule has 72 heavy (non-hydrogen) atoms. The molecule has 0 saturated heterocycles. The van der Waals surface area contributed by atoms with Gasteiger partial charge in [-0.05, 0) is 96.1 Å². The lowest BCUT2D eigenvalue weighted by Crippen LogP contribution is -2.02. The van der Waals surface area contributed by atoms with Crippen LogP contribution in [0.2, 0.25) is 0 Å². The van der Waals surface area contributed by atoms with Gasteiger partial charge in [-0.2, -0.15) is 0 Å². The molecule has 0 spiro atoms. The Kier molecular flexibility index (Phi) is 9.81. The van der Waals surface area contributed by atoms with E-state index >= 15 is 0 Å². The number of furan rings is 2. The summed E-state index contributed by atoms with van der Waals surface area (Å²) in [6, 6.07) is 81.7. The molecular weight excluding hydrogens is 879 g/mol. The van der Waals surface area contributed by atoms with E-state index in [0.717, 1.165) is 129 Å². The number of aryl methyl sites for hydroxylation is 3. The Labute approximate surface area is 415 Å². The van der Waals surface area contributed by atoms with Crippen molar-refractivity contribution in [3.63, 3.8) is 0 Å². The molecule has 0 aliphatic carbocycles. The van der Waals surface area contributed by atoms with Crippen molar-refractivity contribution in [3.8, 4) is 61.8 Å². The zero-order valence-corrected chi connectivity index (χ0v) is 39.5. The van der Waals surface area contributed by atoms with Gasteiger partial charge >= 0.3 is 0 Å². The molecule has 5 heteroatoms. The van der Waals surface area contributed by atoms with Crippen molar-refractivity contribution in [1.82, 2.24) is 14.5 Å². The van der Waals surface area contributed by atoms with Crippen molar-refractivity contribution >= 4 is 65.7 Å². The van der Waals surface area contributed by atoms with Gasteiger partial charge in [-0.3, -0.25) is 0 Å². The maximum Gasteiger partial charge on any atom is 0.160 e. The molecule has 340 valence electrons. The highest BCUT2D eigenvalue weighted by molar-refractivity contribution is 6.24. The van der Waals surface area contributed by atoms with Crippen molar-refractivity contribution in [2.75, 3.05) is 0 Å². The van der Waals surface area contributed by atoms with Crippen LogP contribution in [0.25, 0.3) is 128 Å². The molecule has 0 unspecified atom stereocenters. The summed E-state index contributed by atoms with van der Waals surface area (Å²) in [5.41, 5.74) is 19.9. The van der Waals surface area contributed by atoms with Gasteiger partial charge in [0, 0.05) is 54.7 Å². The van der Waals surface area contributed by atoms with Crippen LogP contribution in [0.4, 0.5) is 0 Å². The minimum absolute atomic E-state index is 0.668. The number of hydrogen-bond acceptors (Lipinski definition) is 4. The Bertz CT molecular complexity index is 4350. The number of nitrogens with zero attached hydrogens (tertiary/aromatic N) is 3. The number of benzene rings is 10. The zero-order valence-electron chi connectivity index (χ0n) is 39.5. The highest BCUT2D eigenvalue weighted by atomic mass is 16.3. The molecule has 0 aliphatic heterocycles. The average molecular weight is 924 g/mol. The van der Waals surface area contributed by atoms with Crippen LogP contribution in [-0.2, 0) is 12.8 Å². The number of para-hydroxylation sites is 4. The van der Waals surface area contributed by atoms with E-state index in [1.54, 1.807) is 0 Å². The first-order valence-corrected chi connectivity index (χ1v) is 24.7. The molecule has 5 nitrogen and oxygen atoms in total. The van der Waals surface area contributed by atoms with E-state index in [1.165, 1.54) is 22.3 Å². The van der Waals surface area contributed by atoms with Gasteiger partial charge in [-0.1, -0.05) is 182 Å². The van der Waals surface area contributed by atoms with E-state index in [2.05, 4.69) is 218 Å². The molecule has 14 aromatic rings. The summed E-state index contributed by atoms with van der Waals surface area (Å²) in [6.45, 7) is 2.19. The molecule has 0 fully saturated rings. The monoisotopic (exact) mass is 923 g/mol. The lowest BCUT2D eigenvalue weighted by atomic mass is 9.88. The molecule has 4 aromatic heterocycles. The summed E-state index contributed by atoms with van der Waals surface area (Å²) in [6.07, 6.45) is 1.55. The quantitative estimate of drug-likeness (QED) is 0.145. The average Bonchev–Trinajstić information content (AvgIpc) is 4.13. The molecule has 4 heterocycles. The van der Waals surface area contributed by atoms with Crippen molar-refractivity contribution in [2.24, 2.45) is 0 Å². The predicted octanol–water partition coefficient (Wildman–Crippen LogP) is 17.8. The fraction of sp³-hybridized carbons (Fsp3) is 0.0448. The van der Waals surface area contributed by atoms with Crippen LogP contribution < -0.4 is 0 Å². The third-order valence-electron chi connectivity index (χ3n) is 14.6. The van der Waals surface area contributed by atoms with Gasteiger partial charge < -0.3 is 13.4 Å². The molecule has 0 aliphatic rings. The van der Waals surface area contributed by atoms with Gasteiger partial charge in [0.15, 0.2) is 5.82 Å². The van der Waals surface area contributed by atoms with Crippen molar-refractivity contribution in [3.05, 3.63) is 247 Å². The minimum Gasteiger partial charge on any atom is -0.455 e. The van der Waals surface area contributed by atoms with Crippen molar-refractivity contribution in [2.45, 2.75) is 19.8 Å². The SMILES string of the molecule is Cc1ccccc1-c1c(CCc2ccc(-c3nc(-c4ccccc4)cc(-c4ccccc4)n3)cc2-c2ccccc2-n2c3ccccc3c3c4oc5ccccc5c4ccc32)ccc2c1oc1ccccc12. The maximum absolute atomic E-state index is 6.77.